The van der Waals surface area contributed by atoms with Gasteiger partial charge in [-0.3, -0.25) is 4.98 Å². The van der Waals surface area contributed by atoms with Crippen molar-refractivity contribution in [3.8, 4) is 0 Å². The Morgan fingerprint density at radius 3 is 2.64 bits per heavy atom. The first-order valence-electron chi connectivity index (χ1n) is 7.05. The molecule has 0 amide bonds. The van der Waals surface area contributed by atoms with E-state index in [1.54, 1.807) is 19.3 Å². The van der Waals surface area contributed by atoms with E-state index in [1.807, 2.05) is 30.3 Å². The van der Waals surface area contributed by atoms with Gasteiger partial charge in [-0.15, -0.1) is 0 Å². The molecule has 0 fully saturated rings. The van der Waals surface area contributed by atoms with Crippen LogP contribution in [0.5, 0.6) is 0 Å². The number of rotatable bonds is 2. The van der Waals surface area contributed by atoms with Crippen LogP contribution >= 0.6 is 0 Å². The number of hydrogen-bond acceptors (Lipinski definition) is 4. The van der Waals surface area contributed by atoms with Crippen molar-refractivity contribution in [2.45, 2.75) is 6.92 Å². The topological polar surface area (TPSA) is 65.2 Å². The van der Waals surface area contributed by atoms with E-state index in [1.165, 1.54) is 0 Å². The second-order valence-electron chi connectivity index (χ2n) is 4.95. The van der Waals surface area contributed by atoms with Crippen molar-refractivity contribution >= 4 is 39.8 Å². The summed E-state index contributed by atoms with van der Waals surface area (Å²) in [5, 5.41) is 5.12. The van der Waals surface area contributed by atoms with Crippen molar-refractivity contribution in [3.05, 3.63) is 53.2 Å². The van der Waals surface area contributed by atoms with Crippen molar-refractivity contribution in [2.24, 2.45) is 5.73 Å². The highest BCUT2D eigenvalue weighted by atomic mass is 16.5. The van der Waals surface area contributed by atoms with Gasteiger partial charge in [0.15, 0.2) is 0 Å². The molecule has 3 rings (SSSR count). The van der Waals surface area contributed by atoms with Crippen LogP contribution in [-0.4, -0.2) is 17.6 Å². The Bertz CT molecular complexity index is 993. The smallest absolute Gasteiger partial charge is 0.354 e. The first-order valence-corrected chi connectivity index (χ1v) is 7.05. The van der Waals surface area contributed by atoms with Gasteiger partial charge in [0.25, 0.3) is 0 Å². The van der Waals surface area contributed by atoms with Gasteiger partial charge in [0.1, 0.15) is 5.70 Å². The number of esters is 1. The Morgan fingerprint density at radius 2 is 1.91 bits per heavy atom. The number of carbonyl (C=O) groups is 1. The predicted octanol–water partition coefficient (Wildman–Crippen LogP) is 1.43. The third kappa shape index (κ3) is 2.09. The van der Waals surface area contributed by atoms with Crippen LogP contribution in [0.25, 0.3) is 33.8 Å². The normalized spacial score (nSPS) is 12.4. The molecule has 110 valence electrons. The number of pyridine rings is 1. The molecule has 3 aromatic rings. The molecule has 0 spiro atoms. The molecule has 0 unspecified atom stereocenters. The van der Waals surface area contributed by atoms with Crippen molar-refractivity contribution in [1.82, 2.24) is 4.98 Å². The molecule has 0 aliphatic rings. The molecule has 2 aromatic carbocycles. The van der Waals surface area contributed by atoms with Gasteiger partial charge < -0.3 is 10.5 Å². The van der Waals surface area contributed by atoms with Gasteiger partial charge in [0.2, 0.25) is 0 Å². The summed E-state index contributed by atoms with van der Waals surface area (Å²) >= 11 is 0. The van der Waals surface area contributed by atoms with Crippen LogP contribution in [0.15, 0.2) is 42.7 Å². The molecule has 2 N–H and O–H groups in total. The Labute approximate surface area is 127 Å². The van der Waals surface area contributed by atoms with Gasteiger partial charge in [0.05, 0.1) is 6.61 Å². The molecule has 0 atom stereocenters. The van der Waals surface area contributed by atoms with Crippen LogP contribution < -0.4 is 16.2 Å². The van der Waals surface area contributed by atoms with Crippen LogP contribution in [-0.2, 0) is 9.53 Å². The zero-order valence-corrected chi connectivity index (χ0v) is 12.3. The number of carbonyl (C=O) groups excluding carboxylic acids is 1. The minimum absolute atomic E-state index is 0.0776. The molecule has 0 saturated heterocycles. The summed E-state index contributed by atoms with van der Waals surface area (Å²) in [5.41, 5.74) is 6.14. The third-order valence-electron chi connectivity index (χ3n) is 3.70. The van der Waals surface area contributed by atoms with Crippen molar-refractivity contribution in [2.75, 3.05) is 6.61 Å². The van der Waals surface area contributed by atoms with Gasteiger partial charge in [-0.05, 0) is 34.4 Å². The molecule has 22 heavy (non-hydrogen) atoms. The van der Waals surface area contributed by atoms with Gasteiger partial charge in [-0.25, -0.2) is 4.79 Å². The van der Waals surface area contributed by atoms with E-state index in [-0.39, 0.29) is 12.3 Å². The standard InChI is InChI=1S/C18H16N2O2/c1-3-22-18(21)17(19)16-11(2)12-6-4-5-7-13(12)15-10-20-9-8-14(15)16/h4-10H,2-3,19H2,1H3/b17-16+. The maximum Gasteiger partial charge on any atom is 0.354 e. The average Bonchev–Trinajstić information content (AvgIpc) is 2.55. The second kappa shape index (κ2) is 5.48. The summed E-state index contributed by atoms with van der Waals surface area (Å²) in [6.45, 7) is 6.16. The predicted molar refractivity (Wildman–Crippen MR) is 88.2 cm³/mol. The molecule has 0 saturated carbocycles. The lowest BCUT2D eigenvalue weighted by Gasteiger charge is -2.08. The molecule has 0 aliphatic carbocycles. The molecule has 1 aromatic heterocycles. The van der Waals surface area contributed by atoms with Crippen molar-refractivity contribution in [1.29, 1.82) is 0 Å². The van der Waals surface area contributed by atoms with Crippen LogP contribution in [0.3, 0.4) is 0 Å². The summed E-state index contributed by atoms with van der Waals surface area (Å²) in [6.07, 6.45) is 3.46. The Hall–Kier alpha value is -2.88. The summed E-state index contributed by atoms with van der Waals surface area (Å²) in [4.78, 5) is 16.2. The molecule has 0 radical (unpaired) electrons. The Balaban J connectivity index is 2.58. The van der Waals surface area contributed by atoms with Crippen molar-refractivity contribution in [3.63, 3.8) is 0 Å². The van der Waals surface area contributed by atoms with Crippen LogP contribution in [0.2, 0.25) is 0 Å². The lowest BCUT2D eigenvalue weighted by atomic mass is 9.98. The maximum absolute atomic E-state index is 12.0. The number of aromatic nitrogens is 1. The van der Waals surface area contributed by atoms with Crippen LogP contribution in [0.4, 0.5) is 0 Å². The van der Waals surface area contributed by atoms with E-state index < -0.39 is 5.97 Å². The first kappa shape index (κ1) is 14.1. The van der Waals surface area contributed by atoms with Crippen LogP contribution in [0, 0.1) is 0 Å². The third-order valence-corrected chi connectivity index (χ3v) is 3.70. The molecular formula is C18H16N2O2. The maximum atomic E-state index is 12.0. The highest BCUT2D eigenvalue weighted by Gasteiger charge is 2.12. The summed E-state index contributed by atoms with van der Waals surface area (Å²) in [5.74, 6) is -0.527. The van der Waals surface area contributed by atoms with E-state index in [4.69, 9.17) is 10.5 Å². The second-order valence-corrected chi connectivity index (χ2v) is 4.95. The van der Waals surface area contributed by atoms with E-state index in [9.17, 15) is 4.79 Å². The lowest BCUT2D eigenvalue weighted by molar-refractivity contribution is -0.136. The van der Waals surface area contributed by atoms with E-state index in [0.29, 0.717) is 5.22 Å². The van der Waals surface area contributed by atoms with Gasteiger partial charge in [-0.1, -0.05) is 30.8 Å². The molecule has 0 aliphatic heterocycles. The Kier molecular flexibility index (Phi) is 3.51. The lowest BCUT2D eigenvalue weighted by Crippen LogP contribution is -2.34. The minimum Gasteiger partial charge on any atom is -0.461 e. The average molecular weight is 292 g/mol. The molecule has 4 heteroatoms. The number of benzene rings is 2. The van der Waals surface area contributed by atoms with Crippen molar-refractivity contribution < 1.29 is 9.53 Å². The summed E-state index contributed by atoms with van der Waals surface area (Å²) in [6, 6.07) is 9.72. The largest absolute Gasteiger partial charge is 0.461 e. The highest BCUT2D eigenvalue weighted by molar-refractivity contribution is 6.14. The highest BCUT2D eigenvalue weighted by Crippen LogP contribution is 2.19. The fraction of sp³-hybridized carbons (Fsp3) is 0.111. The number of nitrogens with zero attached hydrogens (tertiary/aromatic N) is 1. The quantitative estimate of drug-likeness (QED) is 0.573. The number of fused-ring (bicyclic) bond motifs is 3. The van der Waals surface area contributed by atoms with E-state index in [0.717, 1.165) is 26.8 Å². The molecule has 0 bridgehead atoms. The van der Waals surface area contributed by atoms with Crippen LogP contribution in [0.1, 0.15) is 6.92 Å². The number of hydrogen-bond donors (Lipinski definition) is 1. The molecular weight excluding hydrogens is 276 g/mol. The molecule has 1 heterocycles. The fourth-order valence-electron chi connectivity index (χ4n) is 2.72. The monoisotopic (exact) mass is 292 g/mol. The first-order chi connectivity index (χ1) is 10.6. The number of nitrogens with two attached hydrogens (primary N) is 1. The zero-order chi connectivity index (χ0) is 15.7. The van der Waals surface area contributed by atoms with Gasteiger partial charge in [0, 0.05) is 23.0 Å². The summed E-state index contributed by atoms with van der Waals surface area (Å²) < 4.78 is 5.03. The van der Waals surface area contributed by atoms with Gasteiger partial charge >= 0.3 is 5.97 Å². The molecule has 4 nitrogen and oxygen atoms in total. The minimum atomic E-state index is -0.527. The number of ether oxygens (including phenoxy) is 1. The van der Waals surface area contributed by atoms with E-state index >= 15 is 0 Å². The SMILES string of the molecule is C=c1/c(=C(\N)C(=O)OCC)c2ccncc2c2ccccc12. The fourth-order valence-corrected chi connectivity index (χ4v) is 2.72. The zero-order valence-electron chi connectivity index (χ0n) is 12.3. The van der Waals surface area contributed by atoms with Gasteiger partial charge in [-0.2, -0.15) is 0 Å². The van der Waals surface area contributed by atoms with E-state index in [2.05, 4.69) is 11.6 Å². The Morgan fingerprint density at radius 1 is 1.18 bits per heavy atom. The summed E-state index contributed by atoms with van der Waals surface area (Å²) in [7, 11) is 0.